The van der Waals surface area contributed by atoms with E-state index in [1.807, 2.05) is 0 Å². The van der Waals surface area contributed by atoms with Gasteiger partial charge in [-0.1, -0.05) is 12.8 Å². The Bertz CT molecular complexity index is 340. The Balaban J connectivity index is 2.67. The molecule has 0 aromatic rings. The van der Waals surface area contributed by atoms with Crippen molar-refractivity contribution in [3.63, 3.8) is 0 Å². The molecular weight excluding hydrogens is 214 g/mol. The summed E-state index contributed by atoms with van der Waals surface area (Å²) in [6.45, 7) is 2.90. The van der Waals surface area contributed by atoms with Crippen LogP contribution in [0.3, 0.4) is 0 Å². The second-order valence-electron chi connectivity index (χ2n) is 4.74. The van der Waals surface area contributed by atoms with Gasteiger partial charge in [-0.25, -0.2) is 8.42 Å². The van der Waals surface area contributed by atoms with Gasteiger partial charge < -0.3 is 5.32 Å². The molecule has 0 aromatic heterocycles. The molecule has 0 aliphatic heterocycles. The first kappa shape index (κ1) is 12.5. The van der Waals surface area contributed by atoms with Crippen LogP contribution in [-0.2, 0) is 14.6 Å². The van der Waals surface area contributed by atoms with Crippen LogP contribution in [-0.4, -0.2) is 31.4 Å². The lowest BCUT2D eigenvalue weighted by atomic mass is 10.1. The second-order valence-corrected chi connectivity index (χ2v) is 7.30. The van der Waals surface area contributed by atoms with Crippen LogP contribution in [0, 0.1) is 0 Å². The van der Waals surface area contributed by atoms with Gasteiger partial charge in [0.1, 0.15) is 4.75 Å². The summed E-state index contributed by atoms with van der Waals surface area (Å²) in [5.41, 5.74) is 0. The number of carbonyl (C=O) groups excluding carboxylic acids is 1. The van der Waals surface area contributed by atoms with E-state index in [0.29, 0.717) is 0 Å². The molecule has 15 heavy (non-hydrogen) atoms. The van der Waals surface area contributed by atoms with E-state index in [1.54, 1.807) is 0 Å². The van der Waals surface area contributed by atoms with Crippen LogP contribution in [0.15, 0.2) is 0 Å². The lowest BCUT2D eigenvalue weighted by Gasteiger charge is -2.23. The summed E-state index contributed by atoms with van der Waals surface area (Å²) in [7, 11) is -3.36. The highest BCUT2D eigenvalue weighted by atomic mass is 32.2. The normalized spacial score (nSPS) is 19.1. The van der Waals surface area contributed by atoms with Crippen molar-refractivity contribution in [2.45, 2.75) is 50.3 Å². The van der Waals surface area contributed by atoms with Crippen LogP contribution < -0.4 is 5.32 Å². The molecule has 88 valence electrons. The van der Waals surface area contributed by atoms with Gasteiger partial charge in [0.15, 0.2) is 9.84 Å². The molecule has 1 fully saturated rings. The van der Waals surface area contributed by atoms with Crippen molar-refractivity contribution in [3.8, 4) is 0 Å². The smallest absolute Gasteiger partial charge is 0.241 e. The van der Waals surface area contributed by atoms with Crippen LogP contribution in [0.4, 0.5) is 0 Å². The van der Waals surface area contributed by atoms with Gasteiger partial charge in [-0.15, -0.1) is 0 Å². The zero-order valence-electron chi connectivity index (χ0n) is 9.54. The summed E-state index contributed by atoms with van der Waals surface area (Å²) in [4.78, 5) is 11.8. The van der Waals surface area contributed by atoms with E-state index in [9.17, 15) is 13.2 Å². The molecule has 1 saturated carbocycles. The maximum atomic E-state index is 11.8. The fourth-order valence-corrected chi connectivity index (χ4v) is 1.99. The Kier molecular flexibility index (Phi) is 3.43. The molecule has 0 saturated heterocycles. The topological polar surface area (TPSA) is 63.2 Å². The standard InChI is InChI=1S/C10H19NO3S/c1-10(2,15(3,13)14)9(12)11-8-6-4-5-7-8/h8H,4-7H2,1-3H3,(H,11,12). The number of hydrogen-bond acceptors (Lipinski definition) is 3. The Labute approximate surface area is 91.4 Å². The molecule has 0 spiro atoms. The molecule has 1 amide bonds. The zero-order valence-corrected chi connectivity index (χ0v) is 10.4. The number of rotatable bonds is 3. The number of amides is 1. The van der Waals surface area contributed by atoms with Crippen molar-refractivity contribution in [2.24, 2.45) is 0 Å². The minimum atomic E-state index is -3.36. The van der Waals surface area contributed by atoms with Crippen molar-refractivity contribution in [1.29, 1.82) is 0 Å². The molecule has 0 heterocycles. The zero-order chi connectivity index (χ0) is 11.7. The molecule has 0 aromatic carbocycles. The maximum Gasteiger partial charge on any atom is 0.241 e. The highest BCUT2D eigenvalue weighted by Gasteiger charge is 2.39. The molecule has 1 N–H and O–H groups in total. The van der Waals surface area contributed by atoms with E-state index in [2.05, 4.69) is 5.32 Å². The molecule has 4 nitrogen and oxygen atoms in total. The first-order chi connectivity index (χ1) is 6.75. The number of hydrogen-bond donors (Lipinski definition) is 1. The first-order valence-electron chi connectivity index (χ1n) is 5.26. The van der Waals surface area contributed by atoms with Crippen LogP contribution in [0.5, 0.6) is 0 Å². The predicted octanol–water partition coefficient (Wildman–Crippen LogP) is 0.868. The van der Waals surface area contributed by atoms with E-state index in [1.165, 1.54) is 13.8 Å². The highest BCUT2D eigenvalue weighted by Crippen LogP contribution is 2.20. The molecule has 5 heteroatoms. The summed E-state index contributed by atoms with van der Waals surface area (Å²) in [5, 5.41) is 2.81. The maximum absolute atomic E-state index is 11.8. The molecule has 0 radical (unpaired) electrons. The predicted molar refractivity (Wildman–Crippen MR) is 59.3 cm³/mol. The first-order valence-corrected chi connectivity index (χ1v) is 7.15. The van der Waals surface area contributed by atoms with Gasteiger partial charge in [-0.05, 0) is 26.7 Å². The average molecular weight is 233 g/mol. The van der Waals surface area contributed by atoms with Crippen LogP contribution >= 0.6 is 0 Å². The summed E-state index contributed by atoms with van der Waals surface area (Å²) < 4.78 is 21.5. The molecule has 0 atom stereocenters. The molecule has 1 aliphatic rings. The Morgan fingerprint density at radius 3 is 2.13 bits per heavy atom. The Hall–Kier alpha value is -0.580. The van der Waals surface area contributed by atoms with Gasteiger partial charge in [-0.2, -0.15) is 0 Å². The third-order valence-corrected chi connectivity index (χ3v) is 5.20. The van der Waals surface area contributed by atoms with Crippen molar-refractivity contribution in [2.75, 3.05) is 6.26 Å². The lowest BCUT2D eigenvalue weighted by Crippen LogP contribution is -2.50. The minimum absolute atomic E-state index is 0.165. The van der Waals surface area contributed by atoms with Gasteiger partial charge >= 0.3 is 0 Å². The fourth-order valence-electron chi connectivity index (χ4n) is 1.60. The van der Waals surface area contributed by atoms with Crippen LogP contribution in [0.1, 0.15) is 39.5 Å². The van der Waals surface area contributed by atoms with Crippen molar-refractivity contribution < 1.29 is 13.2 Å². The third kappa shape index (κ3) is 2.71. The van der Waals surface area contributed by atoms with E-state index >= 15 is 0 Å². The molecule has 0 unspecified atom stereocenters. The molecular formula is C10H19NO3S. The summed E-state index contributed by atoms with van der Waals surface area (Å²) in [5.74, 6) is -0.378. The molecule has 1 aliphatic carbocycles. The van der Waals surface area contributed by atoms with E-state index < -0.39 is 14.6 Å². The second kappa shape index (κ2) is 4.12. The van der Waals surface area contributed by atoms with Gasteiger partial charge in [0, 0.05) is 12.3 Å². The molecule has 1 rings (SSSR count). The van der Waals surface area contributed by atoms with Gasteiger partial charge in [0.05, 0.1) is 0 Å². The number of nitrogens with one attached hydrogen (secondary N) is 1. The summed E-state index contributed by atoms with van der Waals surface area (Å²) in [6.07, 6.45) is 5.26. The Morgan fingerprint density at radius 1 is 1.27 bits per heavy atom. The van der Waals surface area contributed by atoms with Gasteiger partial charge in [0.25, 0.3) is 0 Å². The average Bonchev–Trinajstić information content (AvgIpc) is 2.54. The van der Waals surface area contributed by atoms with Gasteiger partial charge in [0.2, 0.25) is 5.91 Å². The van der Waals surface area contributed by atoms with Crippen molar-refractivity contribution in [3.05, 3.63) is 0 Å². The van der Waals surface area contributed by atoms with Crippen molar-refractivity contribution >= 4 is 15.7 Å². The highest BCUT2D eigenvalue weighted by molar-refractivity contribution is 7.92. The van der Waals surface area contributed by atoms with E-state index in [4.69, 9.17) is 0 Å². The largest absolute Gasteiger partial charge is 0.352 e. The quantitative estimate of drug-likeness (QED) is 0.786. The van der Waals surface area contributed by atoms with Crippen LogP contribution in [0.2, 0.25) is 0 Å². The minimum Gasteiger partial charge on any atom is -0.352 e. The van der Waals surface area contributed by atoms with Gasteiger partial charge in [-0.3, -0.25) is 4.79 Å². The fraction of sp³-hybridized carbons (Fsp3) is 0.900. The lowest BCUT2D eigenvalue weighted by molar-refractivity contribution is -0.123. The Morgan fingerprint density at radius 2 is 1.73 bits per heavy atom. The van der Waals surface area contributed by atoms with Crippen molar-refractivity contribution in [1.82, 2.24) is 5.32 Å². The van der Waals surface area contributed by atoms with Crippen LogP contribution in [0.25, 0.3) is 0 Å². The van der Waals surface area contributed by atoms with E-state index in [0.717, 1.165) is 31.9 Å². The number of carbonyl (C=O) groups is 1. The third-order valence-electron chi connectivity index (χ3n) is 3.16. The monoisotopic (exact) mass is 233 g/mol. The van der Waals surface area contributed by atoms with E-state index in [-0.39, 0.29) is 11.9 Å². The SMILES string of the molecule is CC(C)(C(=O)NC1CCCC1)S(C)(=O)=O. The molecule has 0 bridgehead atoms. The summed E-state index contributed by atoms with van der Waals surface area (Å²) in [6, 6.07) is 0.165. The number of sulfone groups is 1. The summed E-state index contributed by atoms with van der Waals surface area (Å²) >= 11 is 0.